The van der Waals surface area contributed by atoms with Crippen molar-refractivity contribution >= 4 is 15.9 Å². The van der Waals surface area contributed by atoms with E-state index in [-0.39, 0.29) is 4.90 Å². The monoisotopic (exact) mass is 280 g/mol. The second-order valence-corrected chi connectivity index (χ2v) is 6.58. The molecule has 1 heterocycles. The van der Waals surface area contributed by atoms with Crippen LogP contribution in [0.25, 0.3) is 0 Å². The summed E-state index contributed by atoms with van der Waals surface area (Å²) >= 11 is 0. The Morgan fingerprint density at radius 3 is 2.26 bits per heavy atom. The van der Waals surface area contributed by atoms with Crippen molar-refractivity contribution in [2.24, 2.45) is 4.40 Å². The van der Waals surface area contributed by atoms with E-state index in [9.17, 15) is 8.42 Å². The van der Waals surface area contributed by atoms with Gasteiger partial charge in [-0.15, -0.1) is 4.40 Å². The molecular formula is C14H20N2O2S. The summed E-state index contributed by atoms with van der Waals surface area (Å²) in [6.07, 6.45) is 3.43. The third-order valence-electron chi connectivity index (χ3n) is 3.38. The van der Waals surface area contributed by atoms with Gasteiger partial charge in [-0.2, -0.15) is 8.42 Å². The van der Waals surface area contributed by atoms with Crippen LogP contribution < -0.4 is 0 Å². The van der Waals surface area contributed by atoms with Crippen molar-refractivity contribution in [3.8, 4) is 0 Å². The molecule has 1 aromatic carbocycles. The van der Waals surface area contributed by atoms with Gasteiger partial charge in [0.25, 0.3) is 10.0 Å². The standard InChI is InChI=1S/C14H20N2O2S/c1-12-6-8-14(9-7-12)19(17,18)15-13(2)16-10-4-3-5-11-16/h6-9H,3-5,10-11H2,1-2H3/b15-13-. The van der Waals surface area contributed by atoms with Gasteiger partial charge in [-0.3, -0.25) is 0 Å². The van der Waals surface area contributed by atoms with E-state index in [4.69, 9.17) is 0 Å². The van der Waals surface area contributed by atoms with Crippen LogP contribution in [0.15, 0.2) is 33.6 Å². The molecule has 1 aromatic rings. The van der Waals surface area contributed by atoms with Crippen LogP contribution in [0, 0.1) is 6.92 Å². The normalized spacial score (nSPS) is 17.6. The Hall–Kier alpha value is -1.36. The zero-order valence-corrected chi connectivity index (χ0v) is 12.3. The van der Waals surface area contributed by atoms with E-state index in [0.29, 0.717) is 5.84 Å². The van der Waals surface area contributed by atoms with Crippen molar-refractivity contribution in [2.75, 3.05) is 13.1 Å². The number of hydrogen-bond donors (Lipinski definition) is 0. The quantitative estimate of drug-likeness (QED) is 0.618. The molecule has 1 fully saturated rings. The molecule has 0 unspecified atom stereocenters. The summed E-state index contributed by atoms with van der Waals surface area (Å²) in [4.78, 5) is 2.31. The topological polar surface area (TPSA) is 49.7 Å². The number of likely N-dealkylation sites (tertiary alicyclic amines) is 1. The Balaban J connectivity index is 2.22. The summed E-state index contributed by atoms with van der Waals surface area (Å²) in [5.74, 6) is 0.597. The molecule has 104 valence electrons. The van der Waals surface area contributed by atoms with Crippen molar-refractivity contribution in [3.05, 3.63) is 29.8 Å². The van der Waals surface area contributed by atoms with Crippen LogP contribution in [-0.4, -0.2) is 32.2 Å². The van der Waals surface area contributed by atoms with Gasteiger partial charge in [-0.05, 0) is 45.2 Å². The molecule has 0 radical (unpaired) electrons. The molecule has 19 heavy (non-hydrogen) atoms. The summed E-state index contributed by atoms with van der Waals surface area (Å²) in [5, 5.41) is 0. The predicted octanol–water partition coefficient (Wildman–Crippen LogP) is 2.59. The minimum Gasteiger partial charge on any atom is -0.360 e. The second kappa shape index (κ2) is 5.74. The third-order valence-corrected chi connectivity index (χ3v) is 4.76. The molecule has 0 saturated carbocycles. The lowest BCUT2D eigenvalue weighted by Gasteiger charge is -2.27. The highest BCUT2D eigenvalue weighted by Crippen LogP contribution is 2.15. The van der Waals surface area contributed by atoms with Gasteiger partial charge in [-0.25, -0.2) is 0 Å². The van der Waals surface area contributed by atoms with Gasteiger partial charge in [-0.1, -0.05) is 17.7 Å². The van der Waals surface area contributed by atoms with Crippen molar-refractivity contribution in [1.82, 2.24) is 4.90 Å². The Labute approximate surface area is 115 Å². The molecule has 0 N–H and O–H groups in total. The van der Waals surface area contributed by atoms with Gasteiger partial charge >= 0.3 is 0 Å². The largest absolute Gasteiger partial charge is 0.360 e. The van der Waals surface area contributed by atoms with Gasteiger partial charge in [0.05, 0.1) is 4.90 Å². The average Bonchev–Trinajstić information content (AvgIpc) is 2.40. The number of nitrogens with zero attached hydrogens (tertiary/aromatic N) is 2. The Morgan fingerprint density at radius 1 is 1.11 bits per heavy atom. The fraction of sp³-hybridized carbons (Fsp3) is 0.500. The Kier molecular flexibility index (Phi) is 4.24. The van der Waals surface area contributed by atoms with Crippen LogP contribution >= 0.6 is 0 Å². The second-order valence-electron chi connectivity index (χ2n) is 4.97. The lowest BCUT2D eigenvalue weighted by molar-refractivity contribution is 0.341. The number of hydrogen-bond acceptors (Lipinski definition) is 2. The van der Waals surface area contributed by atoms with Gasteiger partial charge in [0.15, 0.2) is 0 Å². The molecule has 1 aliphatic rings. The first-order chi connectivity index (χ1) is 8.99. The molecule has 4 nitrogen and oxygen atoms in total. The zero-order chi connectivity index (χ0) is 13.9. The van der Waals surface area contributed by atoms with Crippen LogP contribution in [0.2, 0.25) is 0 Å². The summed E-state index contributed by atoms with van der Waals surface area (Å²) in [6, 6.07) is 6.80. The van der Waals surface area contributed by atoms with Crippen LogP contribution in [-0.2, 0) is 10.0 Å². The molecule has 1 aliphatic heterocycles. The molecule has 1 saturated heterocycles. The van der Waals surface area contributed by atoms with Gasteiger partial charge < -0.3 is 4.90 Å². The number of benzene rings is 1. The maximum atomic E-state index is 12.2. The van der Waals surface area contributed by atoms with E-state index in [1.807, 2.05) is 6.92 Å². The highest BCUT2D eigenvalue weighted by molar-refractivity contribution is 7.90. The highest BCUT2D eigenvalue weighted by atomic mass is 32.2. The fourth-order valence-corrected chi connectivity index (χ4v) is 3.26. The first kappa shape index (κ1) is 14.1. The van der Waals surface area contributed by atoms with Crippen LogP contribution in [0.1, 0.15) is 31.7 Å². The van der Waals surface area contributed by atoms with E-state index in [1.165, 1.54) is 6.42 Å². The van der Waals surface area contributed by atoms with Crippen molar-refractivity contribution < 1.29 is 8.42 Å². The molecule has 0 bridgehead atoms. The molecule has 0 atom stereocenters. The van der Waals surface area contributed by atoms with E-state index in [1.54, 1.807) is 31.2 Å². The highest BCUT2D eigenvalue weighted by Gasteiger charge is 2.17. The smallest absolute Gasteiger partial charge is 0.283 e. The molecule has 0 aliphatic carbocycles. The number of amidine groups is 1. The van der Waals surface area contributed by atoms with E-state index >= 15 is 0 Å². The summed E-state index contributed by atoms with van der Waals surface area (Å²) in [5.41, 5.74) is 1.04. The van der Waals surface area contributed by atoms with Crippen LogP contribution in [0.4, 0.5) is 0 Å². The number of rotatable bonds is 2. The van der Waals surface area contributed by atoms with Gasteiger partial charge in [0.1, 0.15) is 5.84 Å². The lowest BCUT2D eigenvalue weighted by atomic mass is 10.1. The van der Waals surface area contributed by atoms with Crippen molar-refractivity contribution in [3.63, 3.8) is 0 Å². The minimum atomic E-state index is -3.58. The molecule has 0 amide bonds. The van der Waals surface area contributed by atoms with Crippen LogP contribution in [0.3, 0.4) is 0 Å². The summed E-state index contributed by atoms with van der Waals surface area (Å²) < 4.78 is 28.3. The molecule has 5 heteroatoms. The zero-order valence-electron chi connectivity index (χ0n) is 11.5. The summed E-state index contributed by atoms with van der Waals surface area (Å²) in [7, 11) is -3.58. The number of piperidine rings is 1. The third kappa shape index (κ3) is 3.56. The molecule has 0 spiro atoms. The van der Waals surface area contributed by atoms with E-state index in [0.717, 1.165) is 31.5 Å². The maximum Gasteiger partial charge on any atom is 0.283 e. The van der Waals surface area contributed by atoms with Gasteiger partial charge in [0, 0.05) is 13.1 Å². The molecule has 0 aromatic heterocycles. The minimum absolute atomic E-state index is 0.259. The van der Waals surface area contributed by atoms with E-state index < -0.39 is 10.0 Å². The van der Waals surface area contributed by atoms with Crippen molar-refractivity contribution in [2.45, 2.75) is 38.0 Å². The van der Waals surface area contributed by atoms with Crippen molar-refractivity contribution in [1.29, 1.82) is 0 Å². The SMILES string of the molecule is C/C(=N/S(=O)(=O)c1ccc(C)cc1)N1CCCCC1. The molecular weight excluding hydrogens is 260 g/mol. The number of sulfonamides is 1. The first-order valence-electron chi connectivity index (χ1n) is 6.62. The van der Waals surface area contributed by atoms with E-state index in [2.05, 4.69) is 9.30 Å². The summed E-state index contributed by atoms with van der Waals surface area (Å²) in [6.45, 7) is 5.51. The Morgan fingerprint density at radius 2 is 1.68 bits per heavy atom. The Bertz CT molecular complexity index is 556. The first-order valence-corrected chi connectivity index (χ1v) is 8.06. The fourth-order valence-electron chi connectivity index (χ4n) is 2.21. The molecule has 2 rings (SSSR count). The lowest BCUT2D eigenvalue weighted by Crippen LogP contribution is -2.34. The average molecular weight is 280 g/mol. The predicted molar refractivity (Wildman–Crippen MR) is 76.9 cm³/mol. The maximum absolute atomic E-state index is 12.2. The number of aryl methyl sites for hydroxylation is 1. The van der Waals surface area contributed by atoms with Gasteiger partial charge in [0.2, 0.25) is 0 Å². The van der Waals surface area contributed by atoms with Crippen LogP contribution in [0.5, 0.6) is 0 Å².